The molecule has 0 saturated carbocycles. The number of rotatable bonds is 6. The zero-order valence-electron chi connectivity index (χ0n) is 19.9. The Kier molecular flexibility index (Phi) is 7.99. The summed E-state index contributed by atoms with van der Waals surface area (Å²) < 4.78 is 5.32. The summed E-state index contributed by atoms with van der Waals surface area (Å²) >= 11 is 0. The maximum Gasteiger partial charge on any atom is 0.321 e. The molecule has 2 aliphatic rings. The summed E-state index contributed by atoms with van der Waals surface area (Å²) in [5.41, 5.74) is 1.58. The van der Waals surface area contributed by atoms with Crippen molar-refractivity contribution in [3.05, 3.63) is 64.7 Å². The number of nitro groups is 1. The summed E-state index contributed by atoms with van der Waals surface area (Å²) in [5.74, 6) is -1.20. The summed E-state index contributed by atoms with van der Waals surface area (Å²) in [6.07, 6.45) is 1.29. The molecule has 2 aliphatic heterocycles. The van der Waals surface area contributed by atoms with Gasteiger partial charge in [0.05, 0.1) is 10.8 Å². The Bertz CT molecular complexity index is 1090. The fourth-order valence-electron chi connectivity index (χ4n) is 4.42. The van der Waals surface area contributed by atoms with Crippen LogP contribution in [0.4, 0.5) is 21.9 Å². The Balaban J connectivity index is 1.20. The molecule has 190 valence electrons. The maximum absolute atomic E-state index is 12.6. The number of nitro benzene ring substituents is 1. The number of anilines is 2. The highest BCUT2D eigenvalue weighted by atomic mass is 16.6. The van der Waals surface area contributed by atoms with Crippen molar-refractivity contribution in [1.29, 1.82) is 0 Å². The second kappa shape index (κ2) is 11.5. The summed E-state index contributed by atoms with van der Waals surface area (Å²) in [6.45, 7) is 2.55. The molecule has 0 bridgehead atoms. The average molecular weight is 496 g/mol. The van der Waals surface area contributed by atoms with Crippen LogP contribution < -0.4 is 10.2 Å². The number of ether oxygens (including phenoxy) is 1. The highest BCUT2D eigenvalue weighted by Gasteiger charge is 2.30. The molecular weight excluding hydrogens is 466 g/mol. The van der Waals surface area contributed by atoms with Gasteiger partial charge in [-0.15, -0.1) is 0 Å². The number of piperazine rings is 1. The van der Waals surface area contributed by atoms with Crippen LogP contribution >= 0.6 is 0 Å². The van der Waals surface area contributed by atoms with Crippen molar-refractivity contribution in [2.45, 2.75) is 12.8 Å². The van der Waals surface area contributed by atoms with Crippen LogP contribution in [0.25, 0.3) is 0 Å². The Morgan fingerprint density at radius 1 is 0.944 bits per heavy atom. The van der Waals surface area contributed by atoms with E-state index in [-0.39, 0.29) is 30.8 Å². The molecule has 1 unspecified atom stereocenters. The first-order valence-corrected chi connectivity index (χ1v) is 12.0. The number of amides is 3. The van der Waals surface area contributed by atoms with Gasteiger partial charge in [0.15, 0.2) is 6.61 Å². The molecule has 11 nitrogen and oxygen atoms in total. The molecule has 2 aromatic rings. The predicted octanol–water partition coefficient (Wildman–Crippen LogP) is 2.73. The minimum atomic E-state index is -0.468. The number of nitrogens with one attached hydrogen (secondary N) is 1. The highest BCUT2D eigenvalue weighted by Crippen LogP contribution is 2.21. The van der Waals surface area contributed by atoms with Gasteiger partial charge in [0, 0.05) is 62.8 Å². The number of benzene rings is 2. The molecule has 1 atom stereocenters. The van der Waals surface area contributed by atoms with Gasteiger partial charge in [0.25, 0.3) is 11.6 Å². The molecule has 0 radical (unpaired) electrons. The van der Waals surface area contributed by atoms with Gasteiger partial charge in [-0.1, -0.05) is 18.2 Å². The molecule has 0 aromatic heterocycles. The minimum absolute atomic E-state index is 0.0345. The van der Waals surface area contributed by atoms with E-state index in [1.165, 1.54) is 12.1 Å². The fraction of sp³-hybridized carbons (Fsp3) is 0.400. The van der Waals surface area contributed by atoms with Crippen molar-refractivity contribution >= 4 is 35.0 Å². The van der Waals surface area contributed by atoms with Crippen molar-refractivity contribution < 1.29 is 24.0 Å². The fourth-order valence-corrected chi connectivity index (χ4v) is 4.42. The van der Waals surface area contributed by atoms with Crippen LogP contribution in [-0.2, 0) is 14.3 Å². The molecule has 1 N–H and O–H groups in total. The lowest BCUT2D eigenvalue weighted by Gasteiger charge is -2.36. The molecule has 4 rings (SSSR count). The molecule has 0 spiro atoms. The third kappa shape index (κ3) is 6.29. The topological polar surface area (TPSA) is 125 Å². The summed E-state index contributed by atoms with van der Waals surface area (Å²) in [5, 5.41) is 13.6. The van der Waals surface area contributed by atoms with E-state index in [1.807, 2.05) is 18.2 Å². The molecule has 2 aromatic carbocycles. The number of piperidine rings is 1. The van der Waals surface area contributed by atoms with Gasteiger partial charge in [-0.2, -0.15) is 0 Å². The second-order valence-electron chi connectivity index (χ2n) is 8.83. The highest BCUT2D eigenvalue weighted by molar-refractivity contribution is 5.90. The summed E-state index contributed by atoms with van der Waals surface area (Å²) in [6, 6.07) is 15.2. The number of esters is 1. The number of nitrogens with zero attached hydrogens (tertiary/aromatic N) is 4. The zero-order valence-corrected chi connectivity index (χ0v) is 19.9. The molecule has 2 heterocycles. The largest absolute Gasteiger partial charge is 0.455 e. The van der Waals surface area contributed by atoms with Crippen molar-refractivity contribution in [2.75, 3.05) is 56.1 Å². The lowest BCUT2D eigenvalue weighted by atomic mass is 9.98. The molecule has 3 amide bonds. The number of non-ortho nitro benzene ring substituents is 1. The Morgan fingerprint density at radius 3 is 2.31 bits per heavy atom. The van der Waals surface area contributed by atoms with Gasteiger partial charge in [0.1, 0.15) is 0 Å². The van der Waals surface area contributed by atoms with E-state index in [2.05, 4.69) is 10.2 Å². The van der Waals surface area contributed by atoms with Gasteiger partial charge in [-0.05, 0) is 37.1 Å². The lowest BCUT2D eigenvalue weighted by molar-refractivity contribution is -0.384. The maximum atomic E-state index is 12.6. The van der Waals surface area contributed by atoms with Crippen molar-refractivity contribution in [3.63, 3.8) is 0 Å². The van der Waals surface area contributed by atoms with E-state index in [0.29, 0.717) is 51.3 Å². The number of carbonyl (C=O) groups excluding carboxylic acids is 3. The lowest BCUT2D eigenvalue weighted by Crippen LogP contribution is -2.50. The van der Waals surface area contributed by atoms with Crippen LogP contribution in [0.3, 0.4) is 0 Å². The smallest absolute Gasteiger partial charge is 0.321 e. The number of urea groups is 1. The monoisotopic (exact) mass is 495 g/mol. The molecule has 36 heavy (non-hydrogen) atoms. The van der Waals surface area contributed by atoms with E-state index in [9.17, 15) is 24.5 Å². The Labute approximate surface area is 208 Å². The van der Waals surface area contributed by atoms with Gasteiger partial charge < -0.3 is 24.8 Å². The number of likely N-dealkylation sites (tertiary alicyclic amines) is 1. The zero-order chi connectivity index (χ0) is 25.5. The normalized spacial score (nSPS) is 17.9. The van der Waals surface area contributed by atoms with E-state index in [4.69, 9.17) is 4.74 Å². The quantitative estimate of drug-likeness (QED) is 0.371. The minimum Gasteiger partial charge on any atom is -0.455 e. The van der Waals surface area contributed by atoms with Crippen molar-refractivity contribution in [2.24, 2.45) is 5.92 Å². The van der Waals surface area contributed by atoms with Crippen molar-refractivity contribution in [3.8, 4) is 0 Å². The predicted molar refractivity (Wildman–Crippen MR) is 133 cm³/mol. The SMILES string of the molecule is O=C(OCC(=O)N1CCN(c2ccc([N+](=O)[O-])cc2)CC1)C1CCCN(C(=O)Nc2ccccc2)C1. The number of para-hydroxylation sites is 1. The molecule has 2 fully saturated rings. The Morgan fingerprint density at radius 2 is 1.64 bits per heavy atom. The van der Waals surface area contributed by atoms with Gasteiger partial charge in [-0.3, -0.25) is 19.7 Å². The van der Waals surface area contributed by atoms with Crippen LogP contribution in [0.15, 0.2) is 54.6 Å². The third-order valence-electron chi connectivity index (χ3n) is 6.46. The first-order valence-electron chi connectivity index (χ1n) is 12.0. The van der Waals surface area contributed by atoms with Gasteiger partial charge >= 0.3 is 12.0 Å². The Hall–Kier alpha value is -4.15. The van der Waals surface area contributed by atoms with Crippen LogP contribution in [0.1, 0.15) is 12.8 Å². The van der Waals surface area contributed by atoms with E-state index in [0.717, 1.165) is 5.69 Å². The van der Waals surface area contributed by atoms with E-state index < -0.39 is 16.8 Å². The first kappa shape index (κ1) is 25.0. The summed E-state index contributed by atoms with van der Waals surface area (Å²) in [4.78, 5) is 53.5. The molecular formula is C25H29N5O6. The van der Waals surface area contributed by atoms with Crippen molar-refractivity contribution in [1.82, 2.24) is 9.80 Å². The average Bonchev–Trinajstić information content (AvgIpc) is 2.92. The van der Waals surface area contributed by atoms with Gasteiger partial charge in [-0.25, -0.2) is 4.79 Å². The van der Waals surface area contributed by atoms with Crippen LogP contribution in [0, 0.1) is 16.0 Å². The van der Waals surface area contributed by atoms with E-state index >= 15 is 0 Å². The second-order valence-corrected chi connectivity index (χ2v) is 8.83. The first-order chi connectivity index (χ1) is 17.4. The standard InChI is InChI=1S/C25H29N5O6/c31-23(28-15-13-27(14-16-28)21-8-10-22(11-9-21)30(34)35)18-36-24(32)19-5-4-12-29(17-19)25(33)26-20-6-2-1-3-7-20/h1-3,6-11,19H,4-5,12-18H2,(H,26,33). The van der Waals surface area contributed by atoms with Gasteiger partial charge in [0.2, 0.25) is 0 Å². The number of hydrogen-bond donors (Lipinski definition) is 1. The van der Waals surface area contributed by atoms with E-state index in [1.54, 1.807) is 34.1 Å². The third-order valence-corrected chi connectivity index (χ3v) is 6.46. The van der Waals surface area contributed by atoms with Crippen LogP contribution in [0.2, 0.25) is 0 Å². The molecule has 0 aliphatic carbocycles. The number of hydrogen-bond acceptors (Lipinski definition) is 7. The summed E-state index contributed by atoms with van der Waals surface area (Å²) in [7, 11) is 0. The van der Waals surface area contributed by atoms with Crippen LogP contribution in [-0.4, -0.2) is 78.5 Å². The molecule has 2 saturated heterocycles. The number of carbonyl (C=O) groups is 3. The molecule has 11 heteroatoms. The van der Waals surface area contributed by atoms with Crippen LogP contribution in [0.5, 0.6) is 0 Å².